The Morgan fingerprint density at radius 2 is 2.30 bits per heavy atom. The number of ether oxygens (including phenoxy) is 1. The Bertz CT molecular complexity index is 505. The van der Waals surface area contributed by atoms with Gasteiger partial charge in [0.1, 0.15) is 17.6 Å². The maximum atomic E-state index is 13.8. The van der Waals surface area contributed by atoms with E-state index in [9.17, 15) is 14.3 Å². The first kappa shape index (κ1) is 15.1. The van der Waals surface area contributed by atoms with Gasteiger partial charge in [0, 0.05) is 12.1 Å². The molecule has 0 bridgehead atoms. The van der Waals surface area contributed by atoms with E-state index in [1.54, 1.807) is 0 Å². The van der Waals surface area contributed by atoms with Gasteiger partial charge in [-0.15, -0.1) is 0 Å². The molecule has 0 aliphatic heterocycles. The summed E-state index contributed by atoms with van der Waals surface area (Å²) in [6, 6.07) is 2.03. The lowest BCUT2D eigenvalue weighted by molar-refractivity contribution is -0.142. The summed E-state index contributed by atoms with van der Waals surface area (Å²) >= 11 is 5.82. The molecule has 2 rings (SSSR count). The molecule has 1 unspecified atom stereocenters. The van der Waals surface area contributed by atoms with Gasteiger partial charge in [-0.2, -0.15) is 0 Å². The Morgan fingerprint density at radius 1 is 1.60 bits per heavy atom. The summed E-state index contributed by atoms with van der Waals surface area (Å²) in [6.45, 7) is 0.132. The molecule has 4 nitrogen and oxygen atoms in total. The van der Waals surface area contributed by atoms with Crippen LogP contribution in [0.2, 0.25) is 5.02 Å². The molecular weight excluding hydrogens is 285 g/mol. The van der Waals surface area contributed by atoms with Gasteiger partial charge in [-0.05, 0) is 30.9 Å². The molecule has 6 heteroatoms. The third kappa shape index (κ3) is 3.22. The van der Waals surface area contributed by atoms with Crippen LogP contribution < -0.4 is 10.1 Å². The van der Waals surface area contributed by atoms with Crippen LogP contribution in [0.15, 0.2) is 12.1 Å². The first-order valence-electron chi connectivity index (χ1n) is 6.51. The lowest BCUT2D eigenvalue weighted by Gasteiger charge is -2.31. The second-order valence-corrected chi connectivity index (χ2v) is 5.37. The van der Waals surface area contributed by atoms with Crippen molar-refractivity contribution in [1.29, 1.82) is 0 Å². The minimum atomic E-state index is -0.893. The standard InChI is InChI=1S/C14H17ClFNO3/c1-20-12-5-9(11(16)6-10(12)15)7-17-13(14(18)19)8-3-2-4-8/h5-6,8,13,17H,2-4,7H2,1H3,(H,18,19). The number of methoxy groups -OCH3 is 1. The van der Waals surface area contributed by atoms with Crippen LogP contribution in [0.5, 0.6) is 5.75 Å². The SMILES string of the molecule is COc1cc(CNC(C(=O)O)C2CCC2)c(F)cc1Cl. The number of hydrogen-bond acceptors (Lipinski definition) is 3. The maximum absolute atomic E-state index is 13.8. The molecule has 1 aromatic carbocycles. The van der Waals surface area contributed by atoms with Gasteiger partial charge < -0.3 is 9.84 Å². The van der Waals surface area contributed by atoms with Crippen LogP contribution in [0.4, 0.5) is 4.39 Å². The zero-order valence-corrected chi connectivity index (χ0v) is 11.9. The predicted molar refractivity (Wildman–Crippen MR) is 73.6 cm³/mol. The first-order valence-corrected chi connectivity index (χ1v) is 6.89. The number of carboxylic acids is 1. The number of carboxylic acid groups (broad SMARTS) is 1. The summed E-state index contributed by atoms with van der Waals surface area (Å²) < 4.78 is 18.8. The third-order valence-electron chi connectivity index (χ3n) is 3.72. The zero-order chi connectivity index (χ0) is 14.7. The molecule has 1 aliphatic rings. The predicted octanol–water partition coefficient (Wildman–Crippen LogP) is 2.83. The molecule has 1 saturated carbocycles. The van der Waals surface area contributed by atoms with Crippen molar-refractivity contribution in [3.05, 3.63) is 28.5 Å². The van der Waals surface area contributed by atoms with E-state index in [0.717, 1.165) is 19.3 Å². The largest absolute Gasteiger partial charge is 0.495 e. The number of hydrogen-bond donors (Lipinski definition) is 2. The molecule has 0 amide bonds. The topological polar surface area (TPSA) is 58.6 Å². The Kier molecular flexibility index (Phi) is 4.83. The highest BCUT2D eigenvalue weighted by Gasteiger charge is 2.32. The van der Waals surface area contributed by atoms with Gasteiger partial charge in [0.15, 0.2) is 0 Å². The third-order valence-corrected chi connectivity index (χ3v) is 4.02. The molecule has 0 heterocycles. The quantitative estimate of drug-likeness (QED) is 0.848. The van der Waals surface area contributed by atoms with E-state index >= 15 is 0 Å². The normalized spacial score (nSPS) is 16.6. The van der Waals surface area contributed by atoms with Crippen LogP contribution in [0, 0.1) is 11.7 Å². The number of rotatable bonds is 6. The van der Waals surface area contributed by atoms with Crippen molar-refractivity contribution >= 4 is 17.6 Å². The van der Waals surface area contributed by atoms with Crippen LogP contribution in [-0.2, 0) is 11.3 Å². The molecule has 0 radical (unpaired) electrons. The van der Waals surface area contributed by atoms with Gasteiger partial charge in [0.2, 0.25) is 0 Å². The molecule has 0 spiro atoms. The van der Waals surface area contributed by atoms with Crippen LogP contribution >= 0.6 is 11.6 Å². The van der Waals surface area contributed by atoms with Crippen molar-refractivity contribution in [2.75, 3.05) is 7.11 Å². The summed E-state index contributed by atoms with van der Waals surface area (Å²) in [6.07, 6.45) is 2.85. The fourth-order valence-corrected chi connectivity index (χ4v) is 2.54. The number of carbonyl (C=O) groups is 1. The van der Waals surface area contributed by atoms with Crippen molar-refractivity contribution in [1.82, 2.24) is 5.32 Å². The van der Waals surface area contributed by atoms with E-state index in [-0.39, 0.29) is 17.5 Å². The van der Waals surface area contributed by atoms with Gasteiger partial charge >= 0.3 is 5.97 Å². The van der Waals surface area contributed by atoms with E-state index in [4.69, 9.17) is 16.3 Å². The highest BCUT2D eigenvalue weighted by Crippen LogP contribution is 2.31. The minimum absolute atomic E-state index is 0.129. The highest BCUT2D eigenvalue weighted by atomic mass is 35.5. The number of halogens is 2. The average Bonchev–Trinajstić information content (AvgIpc) is 2.33. The van der Waals surface area contributed by atoms with Crippen molar-refractivity contribution in [2.45, 2.75) is 31.8 Å². The fourth-order valence-electron chi connectivity index (χ4n) is 2.31. The molecule has 0 saturated heterocycles. The Hall–Kier alpha value is -1.33. The molecule has 0 aromatic heterocycles. The molecule has 1 atom stereocenters. The molecule has 1 aromatic rings. The molecule has 2 N–H and O–H groups in total. The summed E-state index contributed by atoms with van der Waals surface area (Å²) in [5.74, 6) is -0.859. The second kappa shape index (κ2) is 6.41. The van der Waals surface area contributed by atoms with E-state index in [0.29, 0.717) is 11.3 Å². The number of nitrogens with one attached hydrogen (secondary N) is 1. The molecular formula is C14H17ClFNO3. The summed E-state index contributed by atoms with van der Waals surface area (Å²) in [5.41, 5.74) is 0.344. The molecule has 20 heavy (non-hydrogen) atoms. The highest BCUT2D eigenvalue weighted by molar-refractivity contribution is 6.32. The van der Waals surface area contributed by atoms with E-state index in [1.807, 2.05) is 0 Å². The lowest BCUT2D eigenvalue weighted by Crippen LogP contribution is -2.45. The van der Waals surface area contributed by atoms with Gasteiger partial charge in [0.25, 0.3) is 0 Å². The van der Waals surface area contributed by atoms with Crippen molar-refractivity contribution in [2.24, 2.45) is 5.92 Å². The van der Waals surface area contributed by atoms with Crippen LogP contribution in [0.1, 0.15) is 24.8 Å². The van der Waals surface area contributed by atoms with Crippen LogP contribution in [-0.4, -0.2) is 24.2 Å². The lowest BCUT2D eigenvalue weighted by atomic mass is 9.79. The zero-order valence-electron chi connectivity index (χ0n) is 11.2. The number of aliphatic carboxylic acids is 1. The summed E-state index contributed by atoms with van der Waals surface area (Å²) in [5, 5.41) is 12.3. The Labute approximate surface area is 121 Å². The monoisotopic (exact) mass is 301 g/mol. The van der Waals surface area contributed by atoms with Crippen LogP contribution in [0.3, 0.4) is 0 Å². The molecule has 110 valence electrons. The van der Waals surface area contributed by atoms with Crippen molar-refractivity contribution in [3.63, 3.8) is 0 Å². The summed E-state index contributed by atoms with van der Waals surface area (Å²) in [4.78, 5) is 11.2. The van der Waals surface area contributed by atoms with E-state index in [1.165, 1.54) is 19.2 Å². The fraction of sp³-hybridized carbons (Fsp3) is 0.500. The molecule has 1 fully saturated rings. The van der Waals surface area contributed by atoms with E-state index in [2.05, 4.69) is 5.32 Å². The smallest absolute Gasteiger partial charge is 0.320 e. The number of benzene rings is 1. The van der Waals surface area contributed by atoms with Gasteiger partial charge in [-0.3, -0.25) is 10.1 Å². The van der Waals surface area contributed by atoms with Crippen molar-refractivity contribution < 1.29 is 19.0 Å². The minimum Gasteiger partial charge on any atom is -0.495 e. The Balaban J connectivity index is 2.07. The first-order chi connectivity index (χ1) is 9.52. The van der Waals surface area contributed by atoms with Crippen LogP contribution in [0.25, 0.3) is 0 Å². The molecule has 1 aliphatic carbocycles. The van der Waals surface area contributed by atoms with Gasteiger partial charge in [0.05, 0.1) is 12.1 Å². The average molecular weight is 302 g/mol. The maximum Gasteiger partial charge on any atom is 0.320 e. The van der Waals surface area contributed by atoms with Gasteiger partial charge in [-0.1, -0.05) is 18.0 Å². The second-order valence-electron chi connectivity index (χ2n) is 4.97. The Morgan fingerprint density at radius 3 is 2.80 bits per heavy atom. The van der Waals surface area contributed by atoms with E-state index < -0.39 is 17.8 Å². The van der Waals surface area contributed by atoms with Crippen molar-refractivity contribution in [3.8, 4) is 5.75 Å². The summed E-state index contributed by atoms with van der Waals surface area (Å²) in [7, 11) is 1.45. The van der Waals surface area contributed by atoms with Gasteiger partial charge in [-0.25, -0.2) is 4.39 Å².